The van der Waals surface area contributed by atoms with Gasteiger partial charge in [-0.2, -0.15) is 5.10 Å². The van der Waals surface area contributed by atoms with Crippen molar-refractivity contribution in [2.45, 2.75) is 13.5 Å². The maximum absolute atomic E-state index is 13.2. The quantitative estimate of drug-likeness (QED) is 0.461. The molecule has 0 saturated carbocycles. The zero-order chi connectivity index (χ0) is 22.1. The molecule has 1 aliphatic heterocycles. The Morgan fingerprint density at radius 1 is 1.03 bits per heavy atom. The minimum atomic E-state index is -0.241. The van der Waals surface area contributed by atoms with Gasteiger partial charge in [-0.25, -0.2) is 4.68 Å². The van der Waals surface area contributed by atoms with Crippen LogP contribution in [0.25, 0.3) is 16.9 Å². The van der Waals surface area contributed by atoms with Crippen LogP contribution in [0.2, 0.25) is 5.02 Å². The summed E-state index contributed by atoms with van der Waals surface area (Å²) in [5.41, 5.74) is 4.61. The molecule has 0 bridgehead atoms. The lowest BCUT2D eigenvalue weighted by atomic mass is 10.1. The second-order valence-corrected chi connectivity index (χ2v) is 7.92. The number of rotatable bonds is 5. The molecule has 4 aromatic rings. The monoisotopic (exact) mass is 445 g/mol. The Labute approximate surface area is 190 Å². The molecule has 6 nitrogen and oxygen atoms in total. The zero-order valence-corrected chi connectivity index (χ0v) is 18.1. The van der Waals surface area contributed by atoms with Gasteiger partial charge in [0.2, 0.25) is 6.79 Å². The Balaban J connectivity index is 1.47. The SMILES string of the molecule is Cc1cccc(-n2nc(-c3ccccc3Cl)cc2C(=O)NCc2ccc3c(c2)OCO3)c1. The van der Waals surface area contributed by atoms with E-state index < -0.39 is 0 Å². The van der Waals surface area contributed by atoms with E-state index in [9.17, 15) is 4.79 Å². The summed E-state index contributed by atoms with van der Waals surface area (Å²) in [6.45, 7) is 2.56. The van der Waals surface area contributed by atoms with Gasteiger partial charge in [0, 0.05) is 12.1 Å². The largest absolute Gasteiger partial charge is 0.454 e. The molecule has 0 unspecified atom stereocenters. The molecule has 7 heteroatoms. The van der Waals surface area contributed by atoms with E-state index in [0.29, 0.717) is 34.5 Å². The predicted octanol–water partition coefficient (Wildman–Crippen LogP) is 5.16. The summed E-state index contributed by atoms with van der Waals surface area (Å²) in [6, 6.07) is 22.7. The van der Waals surface area contributed by atoms with E-state index in [1.165, 1.54) is 0 Å². The summed E-state index contributed by atoms with van der Waals surface area (Å²) in [6.07, 6.45) is 0. The molecule has 1 aliphatic rings. The smallest absolute Gasteiger partial charge is 0.270 e. The normalized spacial score (nSPS) is 12.1. The second kappa shape index (κ2) is 8.40. The summed E-state index contributed by atoms with van der Waals surface area (Å²) in [7, 11) is 0. The molecule has 1 N–H and O–H groups in total. The van der Waals surface area contributed by atoms with Gasteiger partial charge in [-0.15, -0.1) is 0 Å². The Kier molecular flexibility index (Phi) is 5.29. The van der Waals surface area contributed by atoms with Gasteiger partial charge in [0.1, 0.15) is 5.69 Å². The average molecular weight is 446 g/mol. The van der Waals surface area contributed by atoms with Crippen molar-refractivity contribution in [1.29, 1.82) is 0 Å². The Morgan fingerprint density at radius 2 is 1.88 bits per heavy atom. The van der Waals surface area contributed by atoms with Crippen LogP contribution in [0.5, 0.6) is 11.5 Å². The fourth-order valence-corrected chi connectivity index (χ4v) is 3.86. The molecule has 0 fully saturated rings. The molecular weight excluding hydrogens is 426 g/mol. The molecule has 3 aromatic carbocycles. The fraction of sp³-hybridized carbons (Fsp3) is 0.120. The van der Waals surface area contributed by atoms with E-state index in [1.807, 2.05) is 73.7 Å². The molecule has 0 aliphatic carbocycles. The topological polar surface area (TPSA) is 65.4 Å². The lowest BCUT2D eigenvalue weighted by Crippen LogP contribution is -2.25. The number of nitrogens with one attached hydrogen (secondary N) is 1. The Bertz CT molecular complexity index is 1320. The lowest BCUT2D eigenvalue weighted by molar-refractivity contribution is 0.0943. The second-order valence-electron chi connectivity index (χ2n) is 7.52. The maximum atomic E-state index is 13.2. The minimum Gasteiger partial charge on any atom is -0.454 e. The third-order valence-corrected chi connectivity index (χ3v) is 5.56. The fourth-order valence-electron chi connectivity index (χ4n) is 3.62. The standard InChI is InChI=1S/C25H20ClN3O3/c1-16-5-4-6-18(11-16)29-22(13-21(28-29)19-7-2-3-8-20(19)26)25(30)27-14-17-9-10-23-24(12-17)32-15-31-23/h2-13H,14-15H2,1H3,(H,27,30). The van der Waals surface area contributed by atoms with E-state index in [-0.39, 0.29) is 12.7 Å². The van der Waals surface area contributed by atoms with Crippen molar-refractivity contribution in [1.82, 2.24) is 15.1 Å². The molecule has 32 heavy (non-hydrogen) atoms. The van der Waals surface area contributed by atoms with Gasteiger partial charge in [-0.3, -0.25) is 4.79 Å². The number of benzene rings is 3. The molecular formula is C25H20ClN3O3. The van der Waals surface area contributed by atoms with Gasteiger partial charge in [0.25, 0.3) is 5.91 Å². The first-order valence-electron chi connectivity index (χ1n) is 10.2. The molecule has 5 rings (SSSR count). The maximum Gasteiger partial charge on any atom is 0.270 e. The first-order valence-corrected chi connectivity index (χ1v) is 10.5. The van der Waals surface area contributed by atoms with Crippen LogP contribution in [-0.4, -0.2) is 22.5 Å². The van der Waals surface area contributed by atoms with E-state index in [4.69, 9.17) is 26.2 Å². The van der Waals surface area contributed by atoms with Crippen molar-refractivity contribution in [3.63, 3.8) is 0 Å². The van der Waals surface area contributed by atoms with Gasteiger partial charge in [0.15, 0.2) is 11.5 Å². The summed E-state index contributed by atoms with van der Waals surface area (Å²) in [4.78, 5) is 13.2. The number of carbonyl (C=O) groups excluding carboxylic acids is 1. The highest BCUT2D eigenvalue weighted by molar-refractivity contribution is 6.33. The van der Waals surface area contributed by atoms with E-state index in [0.717, 1.165) is 22.4 Å². The highest BCUT2D eigenvalue weighted by atomic mass is 35.5. The van der Waals surface area contributed by atoms with Gasteiger partial charge in [0.05, 0.1) is 16.4 Å². The van der Waals surface area contributed by atoms with E-state index >= 15 is 0 Å². The Morgan fingerprint density at radius 3 is 2.72 bits per heavy atom. The minimum absolute atomic E-state index is 0.214. The van der Waals surface area contributed by atoms with Crippen LogP contribution in [-0.2, 0) is 6.54 Å². The van der Waals surface area contributed by atoms with Crippen LogP contribution in [0.15, 0.2) is 72.8 Å². The van der Waals surface area contributed by atoms with Crippen molar-refractivity contribution >= 4 is 17.5 Å². The number of halogens is 1. The average Bonchev–Trinajstić information content (AvgIpc) is 3.45. The first-order chi connectivity index (χ1) is 15.6. The number of aryl methyl sites for hydroxylation is 1. The first kappa shape index (κ1) is 20.2. The number of aromatic nitrogens is 2. The van der Waals surface area contributed by atoms with Crippen molar-refractivity contribution in [2.75, 3.05) is 6.79 Å². The summed E-state index contributed by atoms with van der Waals surface area (Å²) in [5.74, 6) is 1.15. The van der Waals surface area contributed by atoms with Crippen LogP contribution in [0.4, 0.5) is 0 Å². The highest BCUT2D eigenvalue weighted by Crippen LogP contribution is 2.32. The number of ether oxygens (including phenoxy) is 2. The molecule has 1 amide bonds. The zero-order valence-electron chi connectivity index (χ0n) is 17.3. The van der Waals surface area contributed by atoms with Crippen molar-refractivity contribution in [3.05, 3.63) is 94.6 Å². The molecule has 0 spiro atoms. The van der Waals surface area contributed by atoms with Gasteiger partial charge in [-0.05, 0) is 54.4 Å². The van der Waals surface area contributed by atoms with Gasteiger partial charge >= 0.3 is 0 Å². The molecule has 160 valence electrons. The number of nitrogens with zero attached hydrogens (tertiary/aromatic N) is 2. The molecule has 0 radical (unpaired) electrons. The highest BCUT2D eigenvalue weighted by Gasteiger charge is 2.19. The molecule has 0 saturated heterocycles. The van der Waals surface area contributed by atoms with Gasteiger partial charge < -0.3 is 14.8 Å². The van der Waals surface area contributed by atoms with Crippen LogP contribution in [0.3, 0.4) is 0 Å². The number of carbonyl (C=O) groups is 1. The summed E-state index contributed by atoms with van der Waals surface area (Å²) in [5, 5.41) is 8.27. The van der Waals surface area contributed by atoms with Crippen LogP contribution in [0.1, 0.15) is 21.6 Å². The van der Waals surface area contributed by atoms with Crippen LogP contribution >= 0.6 is 11.6 Å². The molecule has 0 atom stereocenters. The third kappa shape index (κ3) is 3.92. The van der Waals surface area contributed by atoms with E-state index in [1.54, 1.807) is 10.7 Å². The third-order valence-electron chi connectivity index (χ3n) is 5.23. The summed E-state index contributed by atoms with van der Waals surface area (Å²) < 4.78 is 12.4. The predicted molar refractivity (Wildman–Crippen MR) is 122 cm³/mol. The van der Waals surface area contributed by atoms with Crippen molar-refractivity contribution < 1.29 is 14.3 Å². The Hall–Kier alpha value is -3.77. The molecule has 1 aromatic heterocycles. The number of fused-ring (bicyclic) bond motifs is 1. The van der Waals surface area contributed by atoms with Crippen LogP contribution < -0.4 is 14.8 Å². The molecule has 2 heterocycles. The van der Waals surface area contributed by atoms with Gasteiger partial charge in [-0.1, -0.05) is 48.0 Å². The van der Waals surface area contributed by atoms with Crippen molar-refractivity contribution in [3.8, 4) is 28.4 Å². The summed E-state index contributed by atoms with van der Waals surface area (Å²) >= 11 is 6.39. The number of amides is 1. The number of hydrogen-bond acceptors (Lipinski definition) is 4. The van der Waals surface area contributed by atoms with Crippen LogP contribution in [0, 0.1) is 6.92 Å². The van der Waals surface area contributed by atoms with E-state index in [2.05, 4.69) is 5.32 Å². The number of hydrogen-bond donors (Lipinski definition) is 1. The van der Waals surface area contributed by atoms with Crippen molar-refractivity contribution in [2.24, 2.45) is 0 Å². The lowest BCUT2D eigenvalue weighted by Gasteiger charge is -2.09.